The molecule has 6 nitrogen and oxygen atoms in total. The fourth-order valence-corrected chi connectivity index (χ4v) is 5.57. The molecule has 0 bridgehead atoms. The molecule has 0 spiro atoms. The molecule has 1 aromatic heterocycles. The molecule has 5 rings (SSSR count). The van der Waals surface area contributed by atoms with E-state index >= 15 is 0 Å². The highest BCUT2D eigenvalue weighted by molar-refractivity contribution is 7.88. The van der Waals surface area contributed by atoms with Gasteiger partial charge in [0.15, 0.2) is 0 Å². The fourth-order valence-electron chi connectivity index (χ4n) is 4.54. The van der Waals surface area contributed by atoms with E-state index < -0.39 is 16.2 Å². The van der Waals surface area contributed by atoms with E-state index in [4.69, 9.17) is 0 Å². The molecule has 2 aliphatic rings. The van der Waals surface area contributed by atoms with E-state index in [1.165, 1.54) is 28.5 Å². The highest BCUT2D eigenvalue weighted by Crippen LogP contribution is 2.38. The van der Waals surface area contributed by atoms with Gasteiger partial charge in [0.05, 0.1) is 5.52 Å². The predicted molar refractivity (Wildman–Crippen MR) is 109 cm³/mol. The molecule has 1 heterocycles. The van der Waals surface area contributed by atoms with Crippen molar-refractivity contribution >= 4 is 32.8 Å². The zero-order valence-corrected chi connectivity index (χ0v) is 16.2. The summed E-state index contributed by atoms with van der Waals surface area (Å²) in [5.74, 6) is 0. The molecular weight excluding hydrogens is 374 g/mol. The minimum absolute atomic E-state index is 0.532. The maximum Gasteiger partial charge on any atom is 0.334 e. The molecule has 2 N–H and O–H groups in total. The Balaban J connectivity index is 1.44. The van der Waals surface area contributed by atoms with E-state index in [1.807, 2.05) is 12.1 Å². The molecule has 0 fully saturated rings. The van der Waals surface area contributed by atoms with Crippen LogP contribution in [-0.2, 0) is 35.9 Å². The predicted octanol–water partition coefficient (Wildman–Crippen LogP) is 3.53. The Morgan fingerprint density at radius 2 is 1.61 bits per heavy atom. The number of hydrogen-bond donors (Lipinski definition) is 2. The minimum atomic E-state index is -4.04. The second-order valence-electron chi connectivity index (χ2n) is 7.47. The molecular formula is C21H21N3O3S. The summed E-state index contributed by atoms with van der Waals surface area (Å²) in [5.41, 5.74) is 6.27. The van der Waals surface area contributed by atoms with Crippen LogP contribution >= 0.6 is 0 Å². The van der Waals surface area contributed by atoms with Crippen LogP contribution in [0.2, 0.25) is 0 Å². The van der Waals surface area contributed by atoms with Gasteiger partial charge in [-0.15, -0.1) is 0 Å². The van der Waals surface area contributed by atoms with Gasteiger partial charge in [-0.1, -0.05) is 24.3 Å². The number of rotatable bonds is 3. The van der Waals surface area contributed by atoms with Gasteiger partial charge in [0.25, 0.3) is 0 Å². The fraction of sp³-hybridized carbons (Fsp3) is 0.286. The van der Waals surface area contributed by atoms with Crippen LogP contribution in [0.15, 0.2) is 42.6 Å². The monoisotopic (exact) mass is 395 g/mol. The topological polar surface area (TPSA) is 80.2 Å². The largest absolute Gasteiger partial charge is 0.334 e. The molecule has 2 amide bonds. The van der Waals surface area contributed by atoms with Crippen LogP contribution in [0.1, 0.15) is 35.1 Å². The van der Waals surface area contributed by atoms with Crippen LogP contribution in [0.4, 0.5) is 10.5 Å². The number of amides is 2. The first-order valence-electron chi connectivity index (χ1n) is 9.60. The Morgan fingerprint density at radius 3 is 2.32 bits per heavy atom. The van der Waals surface area contributed by atoms with Crippen LogP contribution in [0.5, 0.6) is 0 Å². The first-order chi connectivity index (χ1) is 13.5. The van der Waals surface area contributed by atoms with Crippen molar-refractivity contribution in [2.75, 3.05) is 5.32 Å². The number of aromatic nitrogens is 1. The van der Waals surface area contributed by atoms with Crippen molar-refractivity contribution in [1.82, 2.24) is 8.69 Å². The lowest BCUT2D eigenvalue weighted by atomic mass is 9.99. The average molecular weight is 395 g/mol. The Labute approximate surface area is 163 Å². The number of fused-ring (bicyclic) bond motifs is 3. The summed E-state index contributed by atoms with van der Waals surface area (Å²) < 4.78 is 28.8. The van der Waals surface area contributed by atoms with E-state index in [0.717, 1.165) is 53.6 Å². The second-order valence-corrected chi connectivity index (χ2v) is 9.01. The zero-order chi connectivity index (χ0) is 19.3. The average Bonchev–Trinajstić information content (AvgIpc) is 3.39. The van der Waals surface area contributed by atoms with Crippen molar-refractivity contribution in [2.45, 2.75) is 38.5 Å². The number of nitrogens with one attached hydrogen (secondary N) is 2. The van der Waals surface area contributed by atoms with Gasteiger partial charge < -0.3 is 5.32 Å². The van der Waals surface area contributed by atoms with Crippen molar-refractivity contribution in [1.29, 1.82) is 0 Å². The van der Waals surface area contributed by atoms with Gasteiger partial charge in [-0.3, -0.25) is 0 Å². The quantitative estimate of drug-likeness (QED) is 0.712. The molecule has 0 saturated heterocycles. The third-order valence-electron chi connectivity index (χ3n) is 5.76. The van der Waals surface area contributed by atoms with E-state index in [0.29, 0.717) is 5.52 Å². The Kier molecular flexibility index (Phi) is 3.94. The van der Waals surface area contributed by atoms with Gasteiger partial charge in [0, 0.05) is 17.3 Å². The molecule has 2 aliphatic carbocycles. The van der Waals surface area contributed by atoms with Crippen molar-refractivity contribution in [3.8, 4) is 0 Å². The van der Waals surface area contributed by atoms with E-state index in [1.54, 1.807) is 18.2 Å². The highest BCUT2D eigenvalue weighted by Gasteiger charge is 2.26. The number of carbonyl (C=O) groups excluding carboxylic acids is 1. The summed E-state index contributed by atoms with van der Waals surface area (Å²) in [6.07, 6.45) is 7.49. The third kappa shape index (κ3) is 2.77. The number of hydrogen-bond acceptors (Lipinski definition) is 3. The number of nitrogens with zero attached hydrogens (tertiary/aromatic N) is 1. The summed E-state index contributed by atoms with van der Waals surface area (Å²) in [6, 6.07) is 10.4. The minimum Gasteiger partial charge on any atom is -0.307 e. The zero-order valence-electron chi connectivity index (χ0n) is 15.4. The lowest BCUT2D eigenvalue weighted by Crippen LogP contribution is -2.38. The van der Waals surface area contributed by atoms with Crippen molar-refractivity contribution in [3.05, 3.63) is 64.8 Å². The van der Waals surface area contributed by atoms with E-state index in [9.17, 15) is 13.2 Å². The van der Waals surface area contributed by atoms with Crippen LogP contribution in [-0.4, -0.2) is 18.4 Å². The summed E-state index contributed by atoms with van der Waals surface area (Å²) >= 11 is 0. The lowest BCUT2D eigenvalue weighted by Gasteiger charge is -2.17. The number of benzene rings is 2. The van der Waals surface area contributed by atoms with Crippen LogP contribution < -0.4 is 10.0 Å². The molecule has 0 saturated carbocycles. The molecule has 0 radical (unpaired) electrons. The maximum atomic E-state index is 12.8. The van der Waals surface area contributed by atoms with Crippen molar-refractivity contribution < 1.29 is 13.2 Å². The SMILES string of the molecule is O=C(Nc1c2c(cc3c1CCC3)CCC2)NS(=O)(=O)n1ccc2ccccc21. The number of para-hydroxylation sites is 1. The van der Waals surface area contributed by atoms with Gasteiger partial charge in [-0.05, 0) is 72.9 Å². The Morgan fingerprint density at radius 1 is 0.929 bits per heavy atom. The van der Waals surface area contributed by atoms with Gasteiger partial charge in [-0.2, -0.15) is 8.42 Å². The molecule has 3 aromatic rings. The van der Waals surface area contributed by atoms with Crippen molar-refractivity contribution in [3.63, 3.8) is 0 Å². The number of anilines is 1. The van der Waals surface area contributed by atoms with Gasteiger partial charge in [0.2, 0.25) is 0 Å². The smallest absolute Gasteiger partial charge is 0.307 e. The first-order valence-corrected chi connectivity index (χ1v) is 11.0. The summed E-state index contributed by atoms with van der Waals surface area (Å²) in [4.78, 5) is 12.6. The molecule has 2 aromatic carbocycles. The van der Waals surface area contributed by atoms with Gasteiger partial charge >= 0.3 is 16.2 Å². The van der Waals surface area contributed by atoms with Crippen LogP contribution in [0.3, 0.4) is 0 Å². The second kappa shape index (κ2) is 6.38. The molecule has 7 heteroatoms. The Bertz CT molecular complexity index is 1180. The Hall–Kier alpha value is -2.80. The first kappa shape index (κ1) is 17.3. The van der Waals surface area contributed by atoms with E-state index in [-0.39, 0.29) is 0 Å². The maximum absolute atomic E-state index is 12.8. The standard InChI is InChI=1S/C21H21N3O3S/c25-21(23-28(26,27)24-12-11-14-5-1-2-10-19(14)24)22-20-17-8-3-6-15(17)13-16-7-4-9-18(16)20/h1-2,5,10-13H,3-4,6-9H2,(H2,22,23,25). The van der Waals surface area contributed by atoms with Crippen LogP contribution in [0, 0.1) is 0 Å². The van der Waals surface area contributed by atoms with Crippen LogP contribution in [0.25, 0.3) is 10.9 Å². The number of urea groups is 1. The normalized spacial score (nSPS) is 15.4. The summed E-state index contributed by atoms with van der Waals surface area (Å²) in [6.45, 7) is 0. The molecule has 28 heavy (non-hydrogen) atoms. The lowest BCUT2D eigenvalue weighted by molar-refractivity contribution is 0.256. The number of carbonyl (C=O) groups is 1. The molecule has 0 aliphatic heterocycles. The summed E-state index contributed by atoms with van der Waals surface area (Å²) in [7, 11) is -4.04. The third-order valence-corrected chi connectivity index (χ3v) is 7.04. The number of aryl methyl sites for hydroxylation is 2. The van der Waals surface area contributed by atoms with E-state index in [2.05, 4.69) is 16.1 Å². The van der Waals surface area contributed by atoms with Gasteiger partial charge in [0.1, 0.15) is 0 Å². The molecule has 144 valence electrons. The highest BCUT2D eigenvalue weighted by atomic mass is 32.2. The van der Waals surface area contributed by atoms with Crippen molar-refractivity contribution in [2.24, 2.45) is 0 Å². The molecule has 0 unspecified atom stereocenters. The molecule has 0 atom stereocenters. The van der Waals surface area contributed by atoms with Gasteiger partial charge in [-0.25, -0.2) is 13.5 Å². The summed E-state index contributed by atoms with van der Waals surface area (Å²) in [5, 5.41) is 3.66.